The summed E-state index contributed by atoms with van der Waals surface area (Å²) < 4.78 is 19.0. The number of amides is 4. The summed E-state index contributed by atoms with van der Waals surface area (Å²) in [7, 11) is 1.62. The molecule has 0 spiro atoms. The summed E-state index contributed by atoms with van der Waals surface area (Å²) in [5.74, 6) is -3.11. The summed E-state index contributed by atoms with van der Waals surface area (Å²) in [6.07, 6.45) is 0.621. The first-order valence-electron chi connectivity index (χ1n) is 21.3. The molecule has 2 aliphatic heterocycles. The average Bonchev–Trinajstić information content (AvgIpc) is 3.91. The van der Waals surface area contributed by atoms with Crippen molar-refractivity contribution in [2.45, 2.75) is 72.1 Å². The molecule has 0 radical (unpaired) electrons. The number of methoxy groups -OCH3 is 1. The second-order valence-electron chi connectivity index (χ2n) is 18.0. The van der Waals surface area contributed by atoms with Gasteiger partial charge < -0.3 is 34.2 Å². The van der Waals surface area contributed by atoms with Gasteiger partial charge in [0.05, 0.1) is 30.0 Å². The number of rotatable bonds is 12. The monoisotopic (exact) mass is 890 g/mol. The maximum Gasteiger partial charge on any atom is 0.419 e. The van der Waals surface area contributed by atoms with Gasteiger partial charge in [-0.25, -0.2) is 14.2 Å². The highest BCUT2D eigenvalue weighted by Crippen LogP contribution is 2.30. The largest absolute Gasteiger partial charge is 0.455 e. The van der Waals surface area contributed by atoms with Crippen LogP contribution in [0.15, 0.2) is 73.1 Å². The fourth-order valence-corrected chi connectivity index (χ4v) is 7.78. The lowest BCUT2D eigenvalue weighted by Crippen LogP contribution is -2.60. The van der Waals surface area contributed by atoms with Gasteiger partial charge >= 0.3 is 23.9 Å². The Labute approximate surface area is 376 Å². The molecular weight excluding hydrogens is 837 g/mol. The molecule has 342 valence electrons. The Morgan fingerprint density at radius 2 is 1.52 bits per heavy atom. The Morgan fingerprint density at radius 1 is 0.800 bits per heavy atom. The van der Waals surface area contributed by atoms with E-state index < -0.39 is 47.0 Å². The molecule has 2 fully saturated rings. The van der Waals surface area contributed by atoms with Crippen LogP contribution in [0.25, 0.3) is 16.6 Å². The normalized spacial score (nSPS) is 15.7. The molecule has 19 nitrogen and oxygen atoms in total. The van der Waals surface area contributed by atoms with Crippen LogP contribution in [0.5, 0.6) is 0 Å². The molecule has 7 rings (SSSR count). The van der Waals surface area contributed by atoms with Crippen molar-refractivity contribution >= 4 is 63.7 Å². The third-order valence-electron chi connectivity index (χ3n) is 10.8. The number of tetrazole rings is 1. The number of hydrogen-bond acceptors (Lipinski definition) is 13. The third kappa shape index (κ3) is 10.5. The third-order valence-corrected chi connectivity index (χ3v) is 10.8. The van der Waals surface area contributed by atoms with E-state index in [2.05, 4.69) is 20.8 Å². The lowest BCUT2D eigenvalue weighted by atomic mass is 10.0. The zero-order valence-corrected chi connectivity index (χ0v) is 37.9. The molecule has 4 amide bonds. The van der Waals surface area contributed by atoms with Crippen LogP contribution < -0.4 is 15.1 Å². The van der Waals surface area contributed by atoms with E-state index in [1.807, 2.05) is 30.0 Å². The Kier molecular flexibility index (Phi) is 13.2. The number of nitrogens with zero attached hydrogens (tertiary/aromatic N) is 9. The van der Waals surface area contributed by atoms with Crippen LogP contribution >= 0.6 is 0 Å². The van der Waals surface area contributed by atoms with Crippen molar-refractivity contribution in [3.05, 3.63) is 89.9 Å². The predicted molar refractivity (Wildman–Crippen MR) is 240 cm³/mol. The van der Waals surface area contributed by atoms with Gasteiger partial charge in [0.1, 0.15) is 29.3 Å². The Morgan fingerprint density at radius 3 is 2.18 bits per heavy atom. The van der Waals surface area contributed by atoms with Gasteiger partial charge in [0, 0.05) is 63.0 Å². The van der Waals surface area contributed by atoms with Crippen molar-refractivity contribution in [3.63, 3.8) is 0 Å². The predicted octanol–water partition coefficient (Wildman–Crippen LogP) is 4.38. The molecule has 4 heterocycles. The van der Waals surface area contributed by atoms with Crippen LogP contribution in [0.3, 0.4) is 0 Å². The van der Waals surface area contributed by atoms with Gasteiger partial charge in [0.2, 0.25) is 11.8 Å². The second kappa shape index (κ2) is 18.6. The van der Waals surface area contributed by atoms with Gasteiger partial charge in [-0.05, 0) is 119 Å². The van der Waals surface area contributed by atoms with Crippen molar-refractivity contribution in [2.75, 3.05) is 68.1 Å². The Balaban J connectivity index is 1.19. The number of esters is 1. The number of nitrogens with one attached hydrogen (secondary N) is 1. The van der Waals surface area contributed by atoms with E-state index in [1.165, 1.54) is 26.9 Å². The van der Waals surface area contributed by atoms with Gasteiger partial charge in [-0.1, -0.05) is 18.2 Å². The number of aryl methyl sites for hydroxylation is 1. The molecule has 0 unspecified atom stereocenters. The van der Waals surface area contributed by atoms with Crippen LogP contribution in [-0.2, 0) is 39.8 Å². The SMILES string of the molecule is COCCN1CCN(c2ccc(C[C@@H](C(=O)Nc3ccc4c(c3)cc(C(=O)OC(C)(C)C)n4C(=O)OC(C)(C)C)N3CCN(c4cc(C)ccc4-n4cnnn4)C(=O)C3=O)cc2)C(=O)C1. The molecule has 2 aliphatic rings. The molecule has 5 aromatic rings. The van der Waals surface area contributed by atoms with Crippen molar-refractivity contribution in [2.24, 2.45) is 0 Å². The van der Waals surface area contributed by atoms with Crippen LogP contribution in [0.2, 0.25) is 0 Å². The minimum atomic E-state index is -1.18. The molecular formula is C46H54N10O9. The zero-order chi connectivity index (χ0) is 46.8. The van der Waals surface area contributed by atoms with E-state index in [0.717, 1.165) is 10.1 Å². The van der Waals surface area contributed by atoms with Gasteiger partial charge in [-0.15, -0.1) is 5.10 Å². The molecule has 0 aliphatic carbocycles. The molecule has 1 atom stereocenters. The molecule has 1 N–H and O–H groups in total. The number of carbonyl (C=O) groups is 6. The lowest BCUT2D eigenvalue weighted by Gasteiger charge is -2.38. The fourth-order valence-electron chi connectivity index (χ4n) is 7.78. The maximum absolute atomic E-state index is 14.6. The maximum atomic E-state index is 14.6. The Bertz CT molecular complexity index is 2610. The van der Waals surface area contributed by atoms with Crippen molar-refractivity contribution in [3.8, 4) is 5.69 Å². The van der Waals surface area contributed by atoms with Gasteiger partial charge in [-0.2, -0.15) is 4.68 Å². The van der Waals surface area contributed by atoms with Crippen molar-refractivity contribution < 1.29 is 43.0 Å². The summed E-state index contributed by atoms with van der Waals surface area (Å²) >= 11 is 0. The van der Waals surface area contributed by atoms with E-state index in [0.29, 0.717) is 65.5 Å². The molecule has 0 bridgehead atoms. The van der Waals surface area contributed by atoms with Crippen molar-refractivity contribution in [1.29, 1.82) is 0 Å². The number of ether oxygens (including phenoxy) is 3. The number of carbonyl (C=O) groups excluding carboxylic acids is 6. The summed E-state index contributed by atoms with van der Waals surface area (Å²) in [4.78, 5) is 89.5. The summed E-state index contributed by atoms with van der Waals surface area (Å²) in [6, 6.07) is 17.7. The zero-order valence-electron chi connectivity index (χ0n) is 37.9. The highest BCUT2D eigenvalue weighted by Gasteiger charge is 2.41. The number of anilines is 3. The van der Waals surface area contributed by atoms with Crippen LogP contribution in [0.1, 0.15) is 63.2 Å². The van der Waals surface area contributed by atoms with E-state index in [4.69, 9.17) is 14.2 Å². The number of aromatic nitrogens is 5. The lowest BCUT2D eigenvalue weighted by molar-refractivity contribution is -0.149. The average molecular weight is 891 g/mol. The smallest absolute Gasteiger partial charge is 0.419 e. The van der Waals surface area contributed by atoms with E-state index >= 15 is 0 Å². The van der Waals surface area contributed by atoms with Crippen LogP contribution in [-0.4, -0.2) is 140 Å². The van der Waals surface area contributed by atoms with Crippen molar-refractivity contribution in [1.82, 2.24) is 34.6 Å². The Hall–Kier alpha value is -6.99. The van der Waals surface area contributed by atoms with E-state index in [9.17, 15) is 28.8 Å². The highest BCUT2D eigenvalue weighted by atomic mass is 16.6. The minimum Gasteiger partial charge on any atom is -0.455 e. The number of fused-ring (bicyclic) bond motifs is 1. The van der Waals surface area contributed by atoms with Crippen LogP contribution in [0.4, 0.5) is 21.9 Å². The summed E-state index contributed by atoms with van der Waals surface area (Å²) in [5, 5.41) is 14.8. The topological polar surface area (TPSA) is 204 Å². The minimum absolute atomic E-state index is 0.00259. The molecule has 2 aromatic heterocycles. The molecule has 2 saturated heterocycles. The number of hydrogen-bond donors (Lipinski definition) is 1. The quantitative estimate of drug-likeness (QED) is 0.137. The van der Waals surface area contributed by atoms with Gasteiger partial charge in [0.15, 0.2) is 0 Å². The van der Waals surface area contributed by atoms with E-state index in [-0.39, 0.29) is 37.7 Å². The standard InChI is InChI=1S/C46H54N10O9/c1-29-9-15-35(55-28-47-49-50-55)36(23-29)53-19-20-54(42(60)41(53)59)37(24-30-10-13-33(14-11-30)52-18-17-51(21-22-63-8)27-39(52)57)40(58)48-32-12-16-34-31(25-32)26-38(43(61)64-45(2,3)4)56(34)44(62)65-46(5,6)7/h9-16,23,25-26,28,37H,17-22,24,27H2,1-8H3,(H,48,58)/t37-/m0/s1. The fraction of sp³-hybridized carbons (Fsp3) is 0.413. The molecule has 65 heavy (non-hydrogen) atoms. The highest BCUT2D eigenvalue weighted by molar-refractivity contribution is 6.41. The second-order valence-corrected chi connectivity index (χ2v) is 18.0. The van der Waals surface area contributed by atoms with E-state index in [1.54, 1.807) is 96.0 Å². The molecule has 0 saturated carbocycles. The number of benzene rings is 3. The van der Waals surface area contributed by atoms with Gasteiger partial charge in [-0.3, -0.25) is 24.1 Å². The summed E-state index contributed by atoms with van der Waals surface area (Å²) in [5.41, 5.74) is 1.96. The number of piperazine rings is 2. The first-order chi connectivity index (χ1) is 30.8. The van der Waals surface area contributed by atoms with Crippen LogP contribution in [0, 0.1) is 6.92 Å². The van der Waals surface area contributed by atoms with Gasteiger partial charge in [0.25, 0.3) is 0 Å². The first-order valence-corrected chi connectivity index (χ1v) is 21.3. The molecule has 19 heteroatoms. The first kappa shape index (κ1) is 46.0. The molecule has 3 aromatic carbocycles. The summed E-state index contributed by atoms with van der Waals surface area (Å²) in [6.45, 7) is 14.8.